The van der Waals surface area contributed by atoms with E-state index in [9.17, 15) is 8.78 Å². The van der Waals surface area contributed by atoms with Crippen LogP contribution in [0.15, 0.2) is 16.6 Å². The molecule has 5 heteroatoms. The molecule has 88 valence electrons. The third-order valence-electron chi connectivity index (χ3n) is 2.89. The van der Waals surface area contributed by atoms with Gasteiger partial charge in [0.15, 0.2) is 11.6 Å². The van der Waals surface area contributed by atoms with E-state index in [0.717, 1.165) is 6.42 Å². The van der Waals surface area contributed by atoms with Crippen LogP contribution in [-0.2, 0) is 0 Å². The Hall–Kier alpha value is -0.680. The first-order chi connectivity index (χ1) is 7.61. The van der Waals surface area contributed by atoms with Gasteiger partial charge in [-0.1, -0.05) is 15.9 Å². The molecule has 0 amide bonds. The third kappa shape index (κ3) is 2.20. The standard InChI is InChI=1S/C11H13BrF2N2/c1-15-8-2-3-16(6-8)11-9(13)4-7(12)5-10(11)14/h4-5,8,15H,2-3,6H2,1H3. The molecule has 1 aliphatic rings. The van der Waals surface area contributed by atoms with E-state index in [1.165, 1.54) is 12.1 Å². The quantitative estimate of drug-likeness (QED) is 0.900. The van der Waals surface area contributed by atoms with E-state index >= 15 is 0 Å². The van der Waals surface area contributed by atoms with Crippen molar-refractivity contribution in [2.75, 3.05) is 25.0 Å². The fourth-order valence-corrected chi connectivity index (χ4v) is 2.44. The summed E-state index contributed by atoms with van der Waals surface area (Å²) in [7, 11) is 1.86. The van der Waals surface area contributed by atoms with Crippen LogP contribution >= 0.6 is 15.9 Å². The van der Waals surface area contributed by atoms with Crippen molar-refractivity contribution in [2.45, 2.75) is 12.5 Å². The highest BCUT2D eigenvalue weighted by molar-refractivity contribution is 9.10. The summed E-state index contributed by atoms with van der Waals surface area (Å²) in [6.45, 7) is 1.33. The van der Waals surface area contributed by atoms with Crippen molar-refractivity contribution in [3.05, 3.63) is 28.2 Å². The molecule has 2 rings (SSSR count). The Labute approximate surface area is 102 Å². The van der Waals surface area contributed by atoms with Crippen LogP contribution in [-0.4, -0.2) is 26.2 Å². The Balaban J connectivity index is 2.28. The monoisotopic (exact) mass is 290 g/mol. The molecule has 16 heavy (non-hydrogen) atoms. The average Bonchev–Trinajstić information content (AvgIpc) is 2.64. The Morgan fingerprint density at radius 2 is 2.00 bits per heavy atom. The highest BCUT2D eigenvalue weighted by atomic mass is 79.9. The van der Waals surface area contributed by atoms with Gasteiger partial charge in [0, 0.05) is 23.6 Å². The molecule has 0 radical (unpaired) electrons. The Kier molecular flexibility index (Phi) is 3.44. The number of nitrogens with one attached hydrogen (secondary N) is 1. The molecule has 0 bridgehead atoms. The fourth-order valence-electron chi connectivity index (χ4n) is 2.04. The van der Waals surface area contributed by atoms with Crippen molar-refractivity contribution in [2.24, 2.45) is 0 Å². The Morgan fingerprint density at radius 1 is 1.38 bits per heavy atom. The molecule has 0 spiro atoms. The van der Waals surface area contributed by atoms with Crippen LogP contribution in [0.4, 0.5) is 14.5 Å². The molecular weight excluding hydrogens is 278 g/mol. The maximum absolute atomic E-state index is 13.7. The van der Waals surface area contributed by atoms with Gasteiger partial charge in [-0.3, -0.25) is 0 Å². The number of likely N-dealkylation sites (N-methyl/N-ethyl adjacent to an activating group) is 1. The number of anilines is 1. The van der Waals surface area contributed by atoms with Crippen LogP contribution in [0.1, 0.15) is 6.42 Å². The normalized spacial score (nSPS) is 20.5. The van der Waals surface area contributed by atoms with Crippen LogP contribution in [0.5, 0.6) is 0 Å². The van der Waals surface area contributed by atoms with Gasteiger partial charge in [0.1, 0.15) is 5.69 Å². The van der Waals surface area contributed by atoms with Gasteiger partial charge in [-0.2, -0.15) is 0 Å². The van der Waals surface area contributed by atoms with Crippen LogP contribution in [0.25, 0.3) is 0 Å². The van der Waals surface area contributed by atoms with Gasteiger partial charge in [-0.05, 0) is 25.6 Å². The predicted octanol–water partition coefficient (Wildman–Crippen LogP) is 2.53. The second kappa shape index (κ2) is 4.67. The van der Waals surface area contributed by atoms with E-state index in [4.69, 9.17) is 0 Å². The highest BCUT2D eigenvalue weighted by Crippen LogP contribution is 2.29. The molecule has 1 aromatic rings. The minimum Gasteiger partial charge on any atom is -0.365 e. The fraction of sp³-hybridized carbons (Fsp3) is 0.455. The zero-order chi connectivity index (χ0) is 11.7. The maximum atomic E-state index is 13.7. The van der Waals surface area contributed by atoms with Gasteiger partial charge >= 0.3 is 0 Å². The smallest absolute Gasteiger partial charge is 0.150 e. The summed E-state index contributed by atoms with van der Waals surface area (Å²) in [5.41, 5.74) is 0.0842. The van der Waals surface area contributed by atoms with Gasteiger partial charge in [-0.15, -0.1) is 0 Å². The summed E-state index contributed by atoms with van der Waals surface area (Å²) in [5.74, 6) is -1.02. The van der Waals surface area contributed by atoms with E-state index in [1.54, 1.807) is 4.90 Å². The van der Waals surface area contributed by atoms with Crippen molar-refractivity contribution >= 4 is 21.6 Å². The SMILES string of the molecule is CNC1CCN(c2c(F)cc(Br)cc2F)C1. The summed E-state index contributed by atoms with van der Waals surface area (Å²) in [6, 6.07) is 2.90. The molecule has 1 aromatic carbocycles. The molecule has 0 aromatic heterocycles. The number of hydrogen-bond acceptors (Lipinski definition) is 2. The molecule has 0 aliphatic carbocycles. The van der Waals surface area contributed by atoms with Crippen LogP contribution in [0.2, 0.25) is 0 Å². The molecule has 1 heterocycles. The number of hydrogen-bond donors (Lipinski definition) is 1. The van der Waals surface area contributed by atoms with Gasteiger partial charge in [0.2, 0.25) is 0 Å². The molecule has 2 nitrogen and oxygen atoms in total. The Morgan fingerprint density at radius 3 is 2.50 bits per heavy atom. The summed E-state index contributed by atoms with van der Waals surface area (Å²) < 4.78 is 27.8. The summed E-state index contributed by atoms with van der Waals surface area (Å²) in [4.78, 5) is 1.75. The van der Waals surface area contributed by atoms with E-state index in [-0.39, 0.29) is 5.69 Å². The minimum atomic E-state index is -0.511. The molecule has 1 N–H and O–H groups in total. The van der Waals surface area contributed by atoms with E-state index in [1.807, 2.05) is 7.05 Å². The molecule has 1 unspecified atom stereocenters. The van der Waals surface area contributed by atoms with Gasteiger partial charge in [0.05, 0.1) is 0 Å². The zero-order valence-corrected chi connectivity index (χ0v) is 10.5. The van der Waals surface area contributed by atoms with Gasteiger partial charge in [0.25, 0.3) is 0 Å². The second-order valence-electron chi connectivity index (χ2n) is 3.94. The van der Waals surface area contributed by atoms with Crippen LogP contribution < -0.4 is 10.2 Å². The second-order valence-corrected chi connectivity index (χ2v) is 4.85. The van der Waals surface area contributed by atoms with E-state index < -0.39 is 11.6 Å². The lowest BCUT2D eigenvalue weighted by Crippen LogP contribution is -2.30. The van der Waals surface area contributed by atoms with E-state index in [2.05, 4.69) is 21.2 Å². The molecule has 0 saturated carbocycles. The predicted molar refractivity (Wildman–Crippen MR) is 63.7 cm³/mol. The topological polar surface area (TPSA) is 15.3 Å². The molecule has 1 atom stereocenters. The van der Waals surface area contributed by atoms with Gasteiger partial charge < -0.3 is 10.2 Å². The van der Waals surface area contributed by atoms with Crippen molar-refractivity contribution in [3.8, 4) is 0 Å². The Bertz CT molecular complexity index is 375. The van der Waals surface area contributed by atoms with Crippen molar-refractivity contribution in [1.82, 2.24) is 5.32 Å². The summed E-state index contributed by atoms with van der Waals surface area (Å²) in [6.07, 6.45) is 0.908. The highest BCUT2D eigenvalue weighted by Gasteiger charge is 2.25. The number of halogens is 3. The van der Waals surface area contributed by atoms with Crippen LogP contribution in [0, 0.1) is 11.6 Å². The molecule has 1 aliphatic heterocycles. The van der Waals surface area contributed by atoms with Crippen molar-refractivity contribution in [1.29, 1.82) is 0 Å². The van der Waals surface area contributed by atoms with Gasteiger partial charge in [-0.25, -0.2) is 8.78 Å². The lowest BCUT2D eigenvalue weighted by Gasteiger charge is -2.20. The zero-order valence-electron chi connectivity index (χ0n) is 8.93. The lowest BCUT2D eigenvalue weighted by atomic mass is 10.2. The summed E-state index contributed by atoms with van der Waals surface area (Å²) >= 11 is 3.07. The molecule has 1 saturated heterocycles. The first-order valence-electron chi connectivity index (χ1n) is 5.18. The lowest BCUT2D eigenvalue weighted by molar-refractivity contribution is 0.572. The number of nitrogens with zero attached hydrogens (tertiary/aromatic N) is 1. The molecule has 1 fully saturated rings. The summed E-state index contributed by atoms with van der Waals surface area (Å²) in [5, 5.41) is 3.12. The maximum Gasteiger partial charge on any atom is 0.150 e. The van der Waals surface area contributed by atoms with Crippen molar-refractivity contribution in [3.63, 3.8) is 0 Å². The van der Waals surface area contributed by atoms with Crippen LogP contribution in [0.3, 0.4) is 0 Å². The third-order valence-corrected chi connectivity index (χ3v) is 3.35. The minimum absolute atomic E-state index is 0.0842. The molecular formula is C11H13BrF2N2. The largest absolute Gasteiger partial charge is 0.365 e. The first-order valence-corrected chi connectivity index (χ1v) is 5.98. The first kappa shape index (κ1) is 11.8. The van der Waals surface area contributed by atoms with Crippen molar-refractivity contribution < 1.29 is 8.78 Å². The number of rotatable bonds is 2. The number of benzene rings is 1. The average molecular weight is 291 g/mol. The van der Waals surface area contributed by atoms with E-state index in [0.29, 0.717) is 23.6 Å².